The predicted molar refractivity (Wildman–Crippen MR) is 70.4 cm³/mol. The highest BCUT2D eigenvalue weighted by atomic mass is 16.5. The molecule has 0 aromatic carbocycles. The van der Waals surface area contributed by atoms with E-state index in [1.165, 1.54) is 0 Å². The van der Waals surface area contributed by atoms with Crippen LogP contribution in [0.3, 0.4) is 0 Å². The van der Waals surface area contributed by atoms with E-state index in [9.17, 15) is 9.59 Å². The first-order chi connectivity index (χ1) is 9.17. The molecule has 2 aliphatic rings. The van der Waals surface area contributed by atoms with Crippen LogP contribution in [0.1, 0.15) is 32.1 Å². The molecule has 6 nitrogen and oxygen atoms in total. The van der Waals surface area contributed by atoms with Crippen molar-refractivity contribution in [3.63, 3.8) is 0 Å². The zero-order valence-corrected chi connectivity index (χ0v) is 11.4. The third-order valence-electron chi connectivity index (χ3n) is 3.98. The Labute approximate surface area is 113 Å². The maximum atomic E-state index is 12.5. The smallest absolute Gasteiger partial charge is 0.252 e. The highest BCUT2D eigenvalue weighted by molar-refractivity contribution is 5.89. The zero-order chi connectivity index (χ0) is 13.8. The Morgan fingerprint density at radius 2 is 2.11 bits per heavy atom. The van der Waals surface area contributed by atoms with Gasteiger partial charge < -0.3 is 20.7 Å². The molecule has 6 heteroatoms. The van der Waals surface area contributed by atoms with Gasteiger partial charge in [0.2, 0.25) is 5.91 Å². The number of nitrogens with zero attached hydrogens (tertiary/aromatic N) is 1. The molecule has 0 radical (unpaired) electrons. The average Bonchev–Trinajstić information content (AvgIpc) is 2.94. The molecule has 2 rings (SSSR count). The van der Waals surface area contributed by atoms with Crippen LogP contribution >= 0.6 is 0 Å². The van der Waals surface area contributed by atoms with Gasteiger partial charge in [-0.25, -0.2) is 0 Å². The Kier molecular flexibility index (Phi) is 4.76. The number of likely N-dealkylation sites (N-methyl/N-ethyl adjacent to an activating group) is 1. The number of nitrogens with two attached hydrogens (primary N) is 1. The van der Waals surface area contributed by atoms with E-state index >= 15 is 0 Å². The fourth-order valence-electron chi connectivity index (χ4n) is 2.88. The first-order valence-electron chi connectivity index (χ1n) is 7.05. The van der Waals surface area contributed by atoms with Crippen LogP contribution in [0.4, 0.5) is 0 Å². The van der Waals surface area contributed by atoms with E-state index in [1.54, 1.807) is 11.9 Å². The normalized spacial score (nSPS) is 31.3. The van der Waals surface area contributed by atoms with E-state index < -0.39 is 6.10 Å². The first-order valence-corrected chi connectivity index (χ1v) is 7.05. The van der Waals surface area contributed by atoms with Crippen LogP contribution in [0.15, 0.2) is 0 Å². The number of likely N-dealkylation sites (tertiary alicyclic amines) is 1. The SMILES string of the molecule is CNC(=O)C1CCCCN1C(=O)[C@@H]1CC[C@H](CN)O1. The van der Waals surface area contributed by atoms with Gasteiger partial charge in [-0.1, -0.05) is 0 Å². The van der Waals surface area contributed by atoms with Crippen molar-refractivity contribution in [2.24, 2.45) is 5.73 Å². The lowest BCUT2D eigenvalue weighted by Gasteiger charge is -2.35. The number of ether oxygens (including phenoxy) is 1. The molecular formula is C13H23N3O3. The number of hydrogen-bond acceptors (Lipinski definition) is 4. The summed E-state index contributed by atoms with van der Waals surface area (Å²) in [7, 11) is 1.61. The molecular weight excluding hydrogens is 246 g/mol. The van der Waals surface area contributed by atoms with Gasteiger partial charge in [0.05, 0.1) is 6.10 Å². The molecule has 2 heterocycles. The monoisotopic (exact) mass is 269 g/mol. The first kappa shape index (κ1) is 14.3. The van der Waals surface area contributed by atoms with E-state index in [-0.39, 0.29) is 24.0 Å². The number of carbonyl (C=O) groups is 2. The van der Waals surface area contributed by atoms with Crippen molar-refractivity contribution in [2.45, 2.75) is 50.4 Å². The number of piperidine rings is 1. The lowest BCUT2D eigenvalue weighted by atomic mass is 10.00. The van der Waals surface area contributed by atoms with Crippen LogP contribution in [0.5, 0.6) is 0 Å². The van der Waals surface area contributed by atoms with Crippen molar-refractivity contribution in [1.29, 1.82) is 0 Å². The summed E-state index contributed by atoms with van der Waals surface area (Å²) in [4.78, 5) is 26.0. The van der Waals surface area contributed by atoms with Gasteiger partial charge in [-0.05, 0) is 32.1 Å². The second-order valence-electron chi connectivity index (χ2n) is 5.22. The Balaban J connectivity index is 2.01. The maximum absolute atomic E-state index is 12.5. The molecule has 2 fully saturated rings. The van der Waals surface area contributed by atoms with E-state index in [4.69, 9.17) is 10.5 Å². The molecule has 0 spiro atoms. The van der Waals surface area contributed by atoms with Crippen molar-refractivity contribution in [1.82, 2.24) is 10.2 Å². The Morgan fingerprint density at radius 1 is 1.32 bits per heavy atom. The molecule has 2 saturated heterocycles. The van der Waals surface area contributed by atoms with Gasteiger partial charge in [0, 0.05) is 20.1 Å². The molecule has 0 aliphatic carbocycles. The topological polar surface area (TPSA) is 84.7 Å². The minimum Gasteiger partial charge on any atom is -0.364 e. The summed E-state index contributed by atoms with van der Waals surface area (Å²) in [5.41, 5.74) is 5.56. The number of carbonyl (C=O) groups excluding carboxylic acids is 2. The third kappa shape index (κ3) is 3.06. The van der Waals surface area contributed by atoms with Crippen LogP contribution in [0.25, 0.3) is 0 Å². The average molecular weight is 269 g/mol. The third-order valence-corrected chi connectivity index (χ3v) is 3.98. The minimum atomic E-state index is -0.418. The summed E-state index contributed by atoms with van der Waals surface area (Å²) in [6, 6.07) is -0.341. The highest BCUT2D eigenvalue weighted by Crippen LogP contribution is 2.24. The van der Waals surface area contributed by atoms with Crippen LogP contribution in [0.2, 0.25) is 0 Å². The standard InChI is InChI=1S/C13H23N3O3/c1-15-12(17)10-4-2-3-7-16(10)13(18)11-6-5-9(8-14)19-11/h9-11H,2-8,14H2,1H3,(H,15,17)/t9-,10?,11+/m1/s1. The molecule has 108 valence electrons. The fourth-order valence-corrected chi connectivity index (χ4v) is 2.88. The lowest BCUT2D eigenvalue weighted by Crippen LogP contribution is -2.54. The molecule has 0 bridgehead atoms. The van der Waals surface area contributed by atoms with Gasteiger partial charge in [-0.15, -0.1) is 0 Å². The summed E-state index contributed by atoms with van der Waals surface area (Å²) in [6.45, 7) is 1.09. The molecule has 2 aliphatic heterocycles. The second kappa shape index (κ2) is 6.34. The van der Waals surface area contributed by atoms with Crippen LogP contribution in [-0.2, 0) is 14.3 Å². The summed E-state index contributed by atoms with van der Waals surface area (Å²) in [5, 5.41) is 2.64. The predicted octanol–water partition coefficient (Wildman–Crippen LogP) is -0.380. The quantitative estimate of drug-likeness (QED) is 0.731. The van der Waals surface area contributed by atoms with Crippen LogP contribution < -0.4 is 11.1 Å². The van der Waals surface area contributed by atoms with Gasteiger partial charge in [0.1, 0.15) is 12.1 Å². The summed E-state index contributed by atoms with van der Waals surface area (Å²) in [5.74, 6) is -0.134. The van der Waals surface area contributed by atoms with Gasteiger partial charge in [0.15, 0.2) is 0 Å². The van der Waals surface area contributed by atoms with E-state index in [0.29, 0.717) is 19.5 Å². The number of hydrogen-bond donors (Lipinski definition) is 2. The minimum absolute atomic E-state index is 0.0165. The fraction of sp³-hybridized carbons (Fsp3) is 0.846. The van der Waals surface area contributed by atoms with E-state index in [1.807, 2.05) is 0 Å². The van der Waals surface area contributed by atoms with Crippen LogP contribution in [0, 0.1) is 0 Å². The summed E-state index contributed by atoms with van der Waals surface area (Å²) >= 11 is 0. The van der Waals surface area contributed by atoms with E-state index in [2.05, 4.69) is 5.32 Å². The number of rotatable bonds is 3. The molecule has 2 amide bonds. The molecule has 3 atom stereocenters. The Hall–Kier alpha value is -1.14. The van der Waals surface area contributed by atoms with Crippen molar-refractivity contribution in [2.75, 3.05) is 20.1 Å². The van der Waals surface area contributed by atoms with Gasteiger partial charge in [0.25, 0.3) is 5.91 Å². The van der Waals surface area contributed by atoms with Crippen molar-refractivity contribution < 1.29 is 14.3 Å². The van der Waals surface area contributed by atoms with Gasteiger partial charge >= 0.3 is 0 Å². The van der Waals surface area contributed by atoms with E-state index in [0.717, 1.165) is 25.7 Å². The second-order valence-corrected chi connectivity index (χ2v) is 5.22. The Morgan fingerprint density at radius 3 is 2.74 bits per heavy atom. The number of amides is 2. The lowest BCUT2D eigenvalue weighted by molar-refractivity contribution is -0.150. The zero-order valence-electron chi connectivity index (χ0n) is 11.4. The largest absolute Gasteiger partial charge is 0.364 e. The van der Waals surface area contributed by atoms with Crippen LogP contribution in [-0.4, -0.2) is 55.1 Å². The molecule has 19 heavy (non-hydrogen) atoms. The summed E-state index contributed by atoms with van der Waals surface area (Å²) in [6.07, 6.45) is 3.77. The molecule has 0 aromatic rings. The molecule has 0 saturated carbocycles. The molecule has 0 aromatic heterocycles. The summed E-state index contributed by atoms with van der Waals surface area (Å²) < 4.78 is 5.64. The van der Waals surface area contributed by atoms with Gasteiger partial charge in [-0.3, -0.25) is 9.59 Å². The van der Waals surface area contributed by atoms with Crippen molar-refractivity contribution >= 4 is 11.8 Å². The van der Waals surface area contributed by atoms with Gasteiger partial charge in [-0.2, -0.15) is 0 Å². The van der Waals surface area contributed by atoms with Crippen molar-refractivity contribution in [3.8, 4) is 0 Å². The molecule has 3 N–H and O–H groups in total. The number of nitrogens with one attached hydrogen (secondary N) is 1. The van der Waals surface area contributed by atoms with Crippen molar-refractivity contribution in [3.05, 3.63) is 0 Å². The highest BCUT2D eigenvalue weighted by Gasteiger charge is 2.38. The Bertz CT molecular complexity index is 348. The maximum Gasteiger partial charge on any atom is 0.252 e. The molecule has 1 unspecified atom stereocenters.